The molecule has 0 saturated heterocycles. The Kier molecular flexibility index (Phi) is 3.18. The van der Waals surface area contributed by atoms with Gasteiger partial charge in [0.05, 0.1) is 6.04 Å². The zero-order valence-electron chi connectivity index (χ0n) is 9.95. The van der Waals surface area contributed by atoms with E-state index in [1.807, 2.05) is 0 Å². The molecule has 6 nitrogen and oxygen atoms in total. The van der Waals surface area contributed by atoms with Crippen LogP contribution in [-0.4, -0.2) is 22.0 Å². The molecule has 0 bridgehead atoms. The third kappa shape index (κ3) is 2.13. The third-order valence-corrected chi connectivity index (χ3v) is 3.08. The van der Waals surface area contributed by atoms with Gasteiger partial charge in [0, 0.05) is 24.4 Å². The van der Waals surface area contributed by atoms with Gasteiger partial charge >= 0.3 is 5.97 Å². The number of carboxylic acids is 1. The molecule has 1 heterocycles. The van der Waals surface area contributed by atoms with Gasteiger partial charge in [-0.2, -0.15) is 0 Å². The lowest BCUT2D eigenvalue weighted by molar-refractivity contribution is -0.119. The molecule has 6 heteroatoms. The van der Waals surface area contributed by atoms with Crippen molar-refractivity contribution in [3.63, 3.8) is 0 Å². The summed E-state index contributed by atoms with van der Waals surface area (Å²) < 4.78 is 0. The minimum atomic E-state index is -1.26. The molecule has 3 N–H and O–H groups in total. The first-order valence-electron chi connectivity index (χ1n) is 5.75. The molecule has 0 fully saturated rings. The lowest BCUT2D eigenvalue weighted by atomic mass is 9.90. The van der Waals surface area contributed by atoms with Gasteiger partial charge < -0.3 is 15.4 Å². The number of H-pyrrole nitrogens is 1. The number of pyridine rings is 1. The largest absolute Gasteiger partial charge is 0.477 e. The molecule has 0 aliphatic heterocycles. The standard InChI is InChI=1S/C12H14N2O4/c1-6(15)14-9-4-2-3-8-10(9)11(16)7(5-13-8)12(17)18/h5,9H,2-4H2,1H3,(H,13,16)(H,14,15)(H,17,18). The number of carbonyl (C=O) groups is 2. The van der Waals surface area contributed by atoms with Crippen LogP contribution in [-0.2, 0) is 11.2 Å². The van der Waals surface area contributed by atoms with Gasteiger partial charge in [-0.05, 0) is 19.3 Å². The Morgan fingerprint density at radius 1 is 1.50 bits per heavy atom. The average Bonchev–Trinajstić information content (AvgIpc) is 2.28. The predicted molar refractivity (Wildman–Crippen MR) is 63.5 cm³/mol. The maximum Gasteiger partial charge on any atom is 0.341 e. The lowest BCUT2D eigenvalue weighted by Crippen LogP contribution is -2.35. The van der Waals surface area contributed by atoms with Crippen molar-refractivity contribution < 1.29 is 14.7 Å². The molecule has 0 aromatic carbocycles. The van der Waals surface area contributed by atoms with Crippen molar-refractivity contribution in [3.8, 4) is 0 Å². The number of aryl methyl sites for hydroxylation is 1. The highest BCUT2D eigenvalue weighted by Crippen LogP contribution is 2.26. The second kappa shape index (κ2) is 4.64. The predicted octanol–water partition coefficient (Wildman–Crippen LogP) is 0.587. The topological polar surface area (TPSA) is 99.3 Å². The van der Waals surface area contributed by atoms with E-state index >= 15 is 0 Å². The third-order valence-electron chi connectivity index (χ3n) is 3.08. The summed E-state index contributed by atoms with van der Waals surface area (Å²) in [5.74, 6) is -1.49. The maximum atomic E-state index is 12.1. The Balaban J connectivity index is 2.53. The average molecular weight is 250 g/mol. The van der Waals surface area contributed by atoms with E-state index < -0.39 is 17.4 Å². The maximum absolute atomic E-state index is 12.1. The lowest BCUT2D eigenvalue weighted by Gasteiger charge is -2.25. The summed E-state index contributed by atoms with van der Waals surface area (Å²) in [5, 5.41) is 11.6. The number of aromatic carboxylic acids is 1. The molecular weight excluding hydrogens is 236 g/mol. The zero-order chi connectivity index (χ0) is 13.3. The number of carbonyl (C=O) groups excluding carboxylic acids is 1. The molecule has 1 aromatic heterocycles. The first kappa shape index (κ1) is 12.3. The van der Waals surface area contributed by atoms with Crippen LogP contribution in [0.1, 0.15) is 47.4 Å². The Morgan fingerprint density at radius 2 is 2.22 bits per heavy atom. The highest BCUT2D eigenvalue weighted by Gasteiger charge is 2.26. The summed E-state index contributed by atoms with van der Waals surface area (Å²) in [4.78, 5) is 37.0. The Hall–Kier alpha value is -2.11. The fourth-order valence-corrected chi connectivity index (χ4v) is 2.34. The minimum Gasteiger partial charge on any atom is -0.477 e. The molecule has 1 atom stereocenters. The molecule has 0 saturated carbocycles. The first-order chi connectivity index (χ1) is 8.50. The van der Waals surface area contributed by atoms with Gasteiger partial charge in [-0.15, -0.1) is 0 Å². The number of rotatable bonds is 2. The van der Waals surface area contributed by atoms with E-state index in [1.54, 1.807) is 0 Å². The van der Waals surface area contributed by atoms with Gasteiger partial charge in [-0.1, -0.05) is 0 Å². The van der Waals surface area contributed by atoms with Crippen LogP contribution in [0.25, 0.3) is 0 Å². The number of aromatic nitrogens is 1. The first-order valence-corrected chi connectivity index (χ1v) is 5.75. The number of aromatic amines is 1. The minimum absolute atomic E-state index is 0.229. The normalized spacial score (nSPS) is 17.9. The van der Waals surface area contributed by atoms with E-state index in [-0.39, 0.29) is 11.5 Å². The van der Waals surface area contributed by atoms with Crippen LogP contribution in [0, 0.1) is 0 Å². The van der Waals surface area contributed by atoms with Crippen molar-refractivity contribution >= 4 is 11.9 Å². The van der Waals surface area contributed by atoms with Crippen molar-refractivity contribution in [2.45, 2.75) is 32.2 Å². The summed E-state index contributed by atoms with van der Waals surface area (Å²) in [6, 6.07) is -0.394. The van der Waals surface area contributed by atoms with Crippen molar-refractivity contribution in [2.75, 3.05) is 0 Å². The highest BCUT2D eigenvalue weighted by atomic mass is 16.4. The van der Waals surface area contributed by atoms with Gasteiger partial charge in [0.2, 0.25) is 11.3 Å². The van der Waals surface area contributed by atoms with Crippen molar-refractivity contribution in [1.29, 1.82) is 0 Å². The number of fused-ring (bicyclic) bond motifs is 1. The van der Waals surface area contributed by atoms with Gasteiger partial charge in [0.15, 0.2) is 0 Å². The fraction of sp³-hybridized carbons (Fsp3) is 0.417. The Morgan fingerprint density at radius 3 is 2.83 bits per heavy atom. The van der Waals surface area contributed by atoms with Crippen LogP contribution in [0.5, 0.6) is 0 Å². The van der Waals surface area contributed by atoms with E-state index in [0.717, 1.165) is 12.1 Å². The quantitative estimate of drug-likeness (QED) is 0.715. The monoisotopic (exact) mass is 250 g/mol. The second-order valence-electron chi connectivity index (χ2n) is 4.37. The molecule has 1 aliphatic rings. The summed E-state index contributed by atoms with van der Waals surface area (Å²) in [6.45, 7) is 1.38. The van der Waals surface area contributed by atoms with Crippen molar-refractivity contribution in [1.82, 2.24) is 10.3 Å². The van der Waals surface area contributed by atoms with Crippen LogP contribution >= 0.6 is 0 Å². The summed E-state index contributed by atoms with van der Waals surface area (Å²) in [6.07, 6.45) is 3.42. The molecule has 1 unspecified atom stereocenters. The zero-order valence-corrected chi connectivity index (χ0v) is 9.95. The molecule has 1 aromatic rings. The van der Waals surface area contributed by atoms with Crippen LogP contribution in [0.2, 0.25) is 0 Å². The number of nitrogens with one attached hydrogen (secondary N) is 2. The molecule has 0 spiro atoms. The van der Waals surface area contributed by atoms with E-state index in [0.29, 0.717) is 18.4 Å². The molecule has 96 valence electrons. The summed E-state index contributed by atoms with van der Waals surface area (Å²) in [5.41, 5.74) is 0.312. The SMILES string of the molecule is CC(=O)NC1CCCc2[nH]cc(C(=O)O)c(=O)c21. The van der Waals surface area contributed by atoms with Crippen molar-refractivity contribution in [3.05, 3.63) is 33.2 Å². The number of amides is 1. The van der Waals surface area contributed by atoms with Gasteiger partial charge in [0.1, 0.15) is 5.56 Å². The van der Waals surface area contributed by atoms with Crippen LogP contribution in [0.4, 0.5) is 0 Å². The van der Waals surface area contributed by atoms with Gasteiger partial charge in [0.25, 0.3) is 0 Å². The Bertz CT molecular complexity index is 562. The van der Waals surface area contributed by atoms with E-state index in [1.165, 1.54) is 13.1 Å². The molecule has 1 amide bonds. The van der Waals surface area contributed by atoms with Crippen molar-refractivity contribution in [2.24, 2.45) is 0 Å². The fourth-order valence-electron chi connectivity index (χ4n) is 2.34. The number of hydrogen-bond donors (Lipinski definition) is 3. The van der Waals surface area contributed by atoms with E-state index in [9.17, 15) is 14.4 Å². The number of carboxylic acid groups (broad SMARTS) is 1. The van der Waals surface area contributed by atoms with Crippen LogP contribution in [0.3, 0.4) is 0 Å². The van der Waals surface area contributed by atoms with Crippen LogP contribution in [0.15, 0.2) is 11.0 Å². The molecule has 2 rings (SSSR count). The molecular formula is C12H14N2O4. The smallest absolute Gasteiger partial charge is 0.341 e. The molecule has 1 aliphatic carbocycles. The van der Waals surface area contributed by atoms with E-state index in [2.05, 4.69) is 10.3 Å². The Labute approximate surface area is 103 Å². The molecule has 18 heavy (non-hydrogen) atoms. The summed E-state index contributed by atoms with van der Waals surface area (Å²) in [7, 11) is 0. The molecule has 0 radical (unpaired) electrons. The summed E-state index contributed by atoms with van der Waals surface area (Å²) >= 11 is 0. The van der Waals surface area contributed by atoms with Gasteiger partial charge in [-0.3, -0.25) is 9.59 Å². The van der Waals surface area contributed by atoms with Gasteiger partial charge in [-0.25, -0.2) is 4.79 Å². The van der Waals surface area contributed by atoms with Crippen LogP contribution < -0.4 is 10.7 Å². The second-order valence-corrected chi connectivity index (χ2v) is 4.37. The van der Waals surface area contributed by atoms with E-state index in [4.69, 9.17) is 5.11 Å². The number of hydrogen-bond acceptors (Lipinski definition) is 3. The highest BCUT2D eigenvalue weighted by molar-refractivity contribution is 5.87.